The van der Waals surface area contributed by atoms with E-state index in [4.69, 9.17) is 11.6 Å². The van der Waals surface area contributed by atoms with Crippen LogP contribution < -0.4 is 4.90 Å². The van der Waals surface area contributed by atoms with Crippen LogP contribution in [-0.2, 0) is 0 Å². The van der Waals surface area contributed by atoms with Crippen LogP contribution in [0.15, 0.2) is 48.5 Å². The molecule has 1 aliphatic heterocycles. The number of rotatable bonds is 3. The number of non-ortho nitro benzene ring substituents is 1. The standard InChI is InChI=1S/C21H19ClN4O3/c1-14-12-19(17-6-3-7-18(26(28)29)20(17)23-14)24-8-10-25(11-9-24)21(27)15-4-2-5-16(22)13-15/h2-7,12-13H,8-11H2,1H3. The summed E-state index contributed by atoms with van der Waals surface area (Å²) >= 11 is 6.00. The van der Waals surface area contributed by atoms with Gasteiger partial charge < -0.3 is 9.80 Å². The van der Waals surface area contributed by atoms with Gasteiger partial charge in [-0.25, -0.2) is 4.98 Å². The molecule has 0 aliphatic carbocycles. The van der Waals surface area contributed by atoms with E-state index < -0.39 is 4.92 Å². The molecule has 1 fully saturated rings. The molecule has 0 bridgehead atoms. The normalized spacial score (nSPS) is 14.3. The summed E-state index contributed by atoms with van der Waals surface area (Å²) in [5, 5.41) is 12.7. The number of benzene rings is 2. The number of aryl methyl sites for hydroxylation is 1. The summed E-state index contributed by atoms with van der Waals surface area (Å²) in [5.41, 5.74) is 2.60. The highest BCUT2D eigenvalue weighted by atomic mass is 35.5. The number of carbonyl (C=O) groups excluding carboxylic acids is 1. The van der Waals surface area contributed by atoms with Gasteiger partial charge in [0, 0.05) is 59.6 Å². The van der Waals surface area contributed by atoms with Crippen molar-refractivity contribution in [2.24, 2.45) is 0 Å². The van der Waals surface area contributed by atoms with Crippen LogP contribution in [0, 0.1) is 17.0 Å². The highest BCUT2D eigenvalue weighted by Gasteiger charge is 2.25. The number of para-hydroxylation sites is 1. The lowest BCUT2D eigenvalue weighted by Crippen LogP contribution is -2.48. The van der Waals surface area contributed by atoms with Crippen molar-refractivity contribution in [1.82, 2.24) is 9.88 Å². The zero-order valence-corrected chi connectivity index (χ0v) is 16.6. The Morgan fingerprint density at radius 1 is 1.10 bits per heavy atom. The number of pyridine rings is 1. The Morgan fingerprint density at radius 2 is 1.83 bits per heavy atom. The van der Waals surface area contributed by atoms with Crippen molar-refractivity contribution in [3.05, 3.63) is 74.9 Å². The molecule has 0 N–H and O–H groups in total. The van der Waals surface area contributed by atoms with E-state index >= 15 is 0 Å². The summed E-state index contributed by atoms with van der Waals surface area (Å²) in [6.07, 6.45) is 0. The fourth-order valence-electron chi connectivity index (χ4n) is 3.70. The molecular weight excluding hydrogens is 392 g/mol. The number of nitro groups is 1. The number of halogens is 1. The molecule has 148 valence electrons. The molecular formula is C21H19ClN4O3. The Kier molecular flexibility index (Phi) is 5.07. The van der Waals surface area contributed by atoms with E-state index in [2.05, 4.69) is 9.88 Å². The zero-order chi connectivity index (χ0) is 20.5. The Bertz CT molecular complexity index is 1110. The van der Waals surface area contributed by atoms with Gasteiger partial charge in [-0.2, -0.15) is 0 Å². The fourth-order valence-corrected chi connectivity index (χ4v) is 3.89. The molecule has 7 nitrogen and oxygen atoms in total. The summed E-state index contributed by atoms with van der Waals surface area (Å²) < 4.78 is 0. The third kappa shape index (κ3) is 3.73. The van der Waals surface area contributed by atoms with Crippen LogP contribution in [0.25, 0.3) is 10.9 Å². The quantitative estimate of drug-likeness (QED) is 0.480. The third-order valence-electron chi connectivity index (χ3n) is 5.10. The van der Waals surface area contributed by atoms with Crippen LogP contribution in [0.3, 0.4) is 0 Å². The predicted octanol–water partition coefficient (Wildman–Crippen LogP) is 4.07. The van der Waals surface area contributed by atoms with E-state index in [9.17, 15) is 14.9 Å². The van der Waals surface area contributed by atoms with Crippen molar-refractivity contribution < 1.29 is 9.72 Å². The van der Waals surface area contributed by atoms with Crippen molar-refractivity contribution in [3.63, 3.8) is 0 Å². The molecule has 2 aromatic carbocycles. The molecule has 4 rings (SSSR count). The van der Waals surface area contributed by atoms with Crippen LogP contribution in [-0.4, -0.2) is 46.9 Å². The molecule has 1 amide bonds. The number of hydrogen-bond donors (Lipinski definition) is 0. The molecule has 1 saturated heterocycles. The van der Waals surface area contributed by atoms with Gasteiger partial charge >= 0.3 is 0 Å². The maximum absolute atomic E-state index is 12.7. The number of amides is 1. The second kappa shape index (κ2) is 7.67. The zero-order valence-electron chi connectivity index (χ0n) is 15.8. The molecule has 1 aliphatic rings. The molecule has 0 saturated carbocycles. The van der Waals surface area contributed by atoms with Gasteiger partial charge in [0.2, 0.25) is 0 Å². The molecule has 0 atom stereocenters. The van der Waals surface area contributed by atoms with Crippen LogP contribution in [0.2, 0.25) is 5.02 Å². The highest BCUT2D eigenvalue weighted by molar-refractivity contribution is 6.30. The largest absolute Gasteiger partial charge is 0.367 e. The SMILES string of the molecule is Cc1cc(N2CCN(C(=O)c3cccc(Cl)c3)CC2)c2cccc([N+](=O)[O-])c2n1. The first-order chi connectivity index (χ1) is 13.9. The molecule has 0 spiro atoms. The van der Waals surface area contributed by atoms with Gasteiger partial charge in [0.15, 0.2) is 5.52 Å². The maximum atomic E-state index is 12.7. The summed E-state index contributed by atoms with van der Waals surface area (Å²) in [6, 6.07) is 13.9. The number of piperazine rings is 1. The predicted molar refractivity (Wildman–Crippen MR) is 113 cm³/mol. The first-order valence-electron chi connectivity index (χ1n) is 9.28. The van der Waals surface area contributed by atoms with Crippen LogP contribution in [0.4, 0.5) is 11.4 Å². The highest BCUT2D eigenvalue weighted by Crippen LogP contribution is 2.32. The summed E-state index contributed by atoms with van der Waals surface area (Å²) in [4.78, 5) is 32.1. The van der Waals surface area contributed by atoms with Gasteiger partial charge in [-0.3, -0.25) is 14.9 Å². The van der Waals surface area contributed by atoms with E-state index in [1.807, 2.05) is 19.1 Å². The molecule has 29 heavy (non-hydrogen) atoms. The molecule has 8 heteroatoms. The van der Waals surface area contributed by atoms with Gasteiger partial charge in [0.25, 0.3) is 11.6 Å². The van der Waals surface area contributed by atoms with Crippen molar-refractivity contribution in [2.75, 3.05) is 31.1 Å². The summed E-state index contributed by atoms with van der Waals surface area (Å²) in [7, 11) is 0. The minimum atomic E-state index is -0.403. The number of fused-ring (bicyclic) bond motifs is 1. The van der Waals surface area contributed by atoms with Crippen molar-refractivity contribution >= 4 is 39.8 Å². The van der Waals surface area contributed by atoms with Crippen molar-refractivity contribution in [1.29, 1.82) is 0 Å². The van der Waals surface area contributed by atoms with E-state index in [1.165, 1.54) is 6.07 Å². The number of nitro benzene ring substituents is 1. The van der Waals surface area contributed by atoms with Crippen molar-refractivity contribution in [2.45, 2.75) is 6.92 Å². The number of anilines is 1. The Morgan fingerprint density at radius 3 is 2.52 bits per heavy atom. The maximum Gasteiger partial charge on any atom is 0.295 e. The van der Waals surface area contributed by atoms with Gasteiger partial charge in [0.1, 0.15) is 0 Å². The molecule has 2 heterocycles. The molecule has 3 aromatic rings. The fraction of sp³-hybridized carbons (Fsp3) is 0.238. The minimum absolute atomic E-state index is 0.00206. The lowest BCUT2D eigenvalue weighted by Gasteiger charge is -2.36. The van der Waals surface area contributed by atoms with E-state index in [1.54, 1.807) is 35.2 Å². The van der Waals surface area contributed by atoms with Gasteiger partial charge in [-0.05, 0) is 31.2 Å². The number of nitrogens with zero attached hydrogens (tertiary/aromatic N) is 4. The van der Waals surface area contributed by atoms with E-state index in [0.29, 0.717) is 42.3 Å². The smallest absolute Gasteiger partial charge is 0.295 e. The summed E-state index contributed by atoms with van der Waals surface area (Å²) in [6.45, 7) is 4.21. The van der Waals surface area contributed by atoms with Gasteiger partial charge in [-0.15, -0.1) is 0 Å². The average Bonchev–Trinajstić information content (AvgIpc) is 2.72. The van der Waals surface area contributed by atoms with Crippen LogP contribution in [0.1, 0.15) is 16.1 Å². The minimum Gasteiger partial charge on any atom is -0.367 e. The Hall–Kier alpha value is -3.19. The topological polar surface area (TPSA) is 79.6 Å². The monoisotopic (exact) mass is 410 g/mol. The van der Waals surface area contributed by atoms with Crippen molar-refractivity contribution in [3.8, 4) is 0 Å². The Labute approximate surface area is 172 Å². The molecule has 0 unspecified atom stereocenters. The molecule has 1 aromatic heterocycles. The van der Waals surface area contributed by atoms with Crippen LogP contribution in [0.5, 0.6) is 0 Å². The lowest BCUT2D eigenvalue weighted by atomic mass is 10.1. The lowest BCUT2D eigenvalue weighted by molar-refractivity contribution is -0.383. The molecule has 0 radical (unpaired) electrons. The van der Waals surface area contributed by atoms with Gasteiger partial charge in [-0.1, -0.05) is 29.8 Å². The number of carbonyl (C=O) groups is 1. The van der Waals surface area contributed by atoms with Crippen LogP contribution >= 0.6 is 11.6 Å². The van der Waals surface area contributed by atoms with Gasteiger partial charge in [0.05, 0.1) is 4.92 Å². The second-order valence-electron chi connectivity index (χ2n) is 7.00. The first-order valence-corrected chi connectivity index (χ1v) is 9.66. The number of aromatic nitrogens is 1. The Balaban J connectivity index is 1.59. The first kappa shape index (κ1) is 19.1. The summed E-state index contributed by atoms with van der Waals surface area (Å²) in [5.74, 6) is -0.0430. The second-order valence-corrected chi connectivity index (χ2v) is 7.44. The van der Waals surface area contributed by atoms with E-state index in [0.717, 1.165) is 16.8 Å². The average molecular weight is 411 g/mol. The third-order valence-corrected chi connectivity index (χ3v) is 5.34. The van der Waals surface area contributed by atoms with E-state index in [-0.39, 0.29) is 11.6 Å². The number of hydrogen-bond acceptors (Lipinski definition) is 5.